The number of rotatable bonds is 7. The molecule has 2 aromatic carbocycles. The second-order valence-electron chi connectivity index (χ2n) is 8.14. The number of halogens is 3. The Morgan fingerprint density at radius 1 is 1.09 bits per heavy atom. The van der Waals surface area contributed by atoms with E-state index >= 15 is 0 Å². The molecule has 9 heteroatoms. The molecule has 1 heterocycles. The first kappa shape index (κ1) is 25.2. The van der Waals surface area contributed by atoms with E-state index in [1.165, 1.54) is 12.1 Å². The minimum absolute atomic E-state index is 0.0480. The van der Waals surface area contributed by atoms with Gasteiger partial charge < -0.3 is 10.4 Å². The molecule has 34 heavy (non-hydrogen) atoms. The van der Waals surface area contributed by atoms with Crippen LogP contribution in [-0.2, 0) is 23.9 Å². The van der Waals surface area contributed by atoms with Crippen molar-refractivity contribution in [2.45, 2.75) is 46.0 Å². The smallest absolute Gasteiger partial charge is 0.396 e. The molecule has 0 fully saturated rings. The van der Waals surface area contributed by atoms with E-state index in [4.69, 9.17) is 0 Å². The van der Waals surface area contributed by atoms with Gasteiger partial charge in [-0.1, -0.05) is 42.0 Å². The summed E-state index contributed by atoms with van der Waals surface area (Å²) in [5, 5.41) is 12.2. The fraction of sp³-hybridized carbons (Fsp3) is 0.320. The Morgan fingerprint density at radius 3 is 2.26 bits per heavy atom. The average molecular weight is 473 g/mol. The number of aromatic nitrogens is 2. The van der Waals surface area contributed by atoms with Gasteiger partial charge in [-0.05, 0) is 38.5 Å². The van der Waals surface area contributed by atoms with Crippen molar-refractivity contribution in [1.82, 2.24) is 14.9 Å². The Kier molecular flexibility index (Phi) is 7.56. The predicted molar refractivity (Wildman–Crippen MR) is 122 cm³/mol. The molecule has 180 valence electrons. The summed E-state index contributed by atoms with van der Waals surface area (Å²) in [6.45, 7) is 4.69. The number of carbonyl (C=O) groups is 1. The molecule has 0 aliphatic rings. The molecule has 6 nitrogen and oxygen atoms in total. The lowest BCUT2D eigenvalue weighted by Crippen LogP contribution is -2.36. The molecule has 0 unspecified atom stereocenters. The Hall–Kier alpha value is -3.46. The number of aliphatic hydroxyl groups is 1. The molecule has 0 saturated heterocycles. The van der Waals surface area contributed by atoms with E-state index in [0.29, 0.717) is 5.69 Å². The third-order valence-corrected chi connectivity index (χ3v) is 5.56. The Balaban J connectivity index is 1.97. The van der Waals surface area contributed by atoms with Crippen LogP contribution in [0.2, 0.25) is 0 Å². The number of hydrogen-bond donors (Lipinski definition) is 2. The minimum atomic E-state index is -4.50. The lowest BCUT2D eigenvalue weighted by molar-refractivity contribution is -0.137. The van der Waals surface area contributed by atoms with Crippen LogP contribution in [0.3, 0.4) is 0 Å². The van der Waals surface area contributed by atoms with Crippen molar-refractivity contribution >= 4 is 5.91 Å². The molecular weight excluding hydrogens is 447 g/mol. The molecule has 0 spiro atoms. The number of aliphatic hydroxyl groups excluding tert-OH is 1. The summed E-state index contributed by atoms with van der Waals surface area (Å²) in [7, 11) is 0. The summed E-state index contributed by atoms with van der Waals surface area (Å²) >= 11 is 0. The van der Waals surface area contributed by atoms with Crippen LogP contribution in [0.1, 0.15) is 40.9 Å². The summed E-state index contributed by atoms with van der Waals surface area (Å²) < 4.78 is 40.1. The summed E-state index contributed by atoms with van der Waals surface area (Å²) in [6.07, 6.45) is -4.45. The zero-order valence-corrected chi connectivity index (χ0v) is 19.1. The maximum Gasteiger partial charge on any atom is 0.416 e. The van der Waals surface area contributed by atoms with Crippen LogP contribution in [0.4, 0.5) is 13.2 Å². The maximum atomic E-state index is 13.2. The molecule has 1 atom stereocenters. The normalized spacial score (nSPS) is 12.4. The van der Waals surface area contributed by atoms with Gasteiger partial charge in [0, 0.05) is 29.8 Å². The van der Waals surface area contributed by atoms with Gasteiger partial charge in [0.1, 0.15) is 12.4 Å². The number of benzene rings is 2. The van der Waals surface area contributed by atoms with E-state index in [9.17, 15) is 27.9 Å². The number of amides is 1. The van der Waals surface area contributed by atoms with E-state index in [0.717, 1.165) is 27.8 Å². The van der Waals surface area contributed by atoms with Gasteiger partial charge in [0.05, 0.1) is 11.6 Å². The van der Waals surface area contributed by atoms with Crippen LogP contribution in [0.15, 0.2) is 53.3 Å². The standard InChI is InChI=1S/C25H26F3N3O3/c1-15-4-6-18(7-5-15)16(2)29-22(33)14-31-23(30-17(3)21(12-13-32)24(31)34)19-8-10-20(11-9-19)25(26,27)28/h4-11,16,32H,12-14H2,1-3H3,(H,29,33)/t16-/m1/s1. The lowest BCUT2D eigenvalue weighted by Gasteiger charge is -2.18. The number of aryl methyl sites for hydroxylation is 2. The third kappa shape index (κ3) is 5.72. The zero-order chi connectivity index (χ0) is 25.0. The van der Waals surface area contributed by atoms with Crippen molar-refractivity contribution < 1.29 is 23.1 Å². The molecule has 0 aliphatic carbocycles. The highest BCUT2D eigenvalue weighted by Crippen LogP contribution is 2.30. The summed E-state index contributed by atoms with van der Waals surface area (Å²) in [4.78, 5) is 30.4. The molecule has 0 radical (unpaired) electrons. The van der Waals surface area contributed by atoms with E-state index < -0.39 is 23.2 Å². The van der Waals surface area contributed by atoms with E-state index in [1.807, 2.05) is 38.1 Å². The van der Waals surface area contributed by atoms with Gasteiger partial charge >= 0.3 is 6.18 Å². The molecule has 3 rings (SSSR count). The summed E-state index contributed by atoms with van der Waals surface area (Å²) in [5.74, 6) is -0.375. The molecule has 0 bridgehead atoms. The molecule has 3 aromatic rings. The maximum absolute atomic E-state index is 13.2. The summed E-state index contributed by atoms with van der Waals surface area (Å²) in [5.41, 5.74) is 1.48. The highest BCUT2D eigenvalue weighted by atomic mass is 19.4. The quantitative estimate of drug-likeness (QED) is 0.544. The first-order chi connectivity index (χ1) is 16.0. The van der Waals surface area contributed by atoms with Crippen LogP contribution in [-0.4, -0.2) is 27.2 Å². The molecule has 1 amide bonds. The zero-order valence-electron chi connectivity index (χ0n) is 19.1. The van der Waals surface area contributed by atoms with Crippen LogP contribution in [0.5, 0.6) is 0 Å². The number of nitrogens with zero attached hydrogens (tertiary/aromatic N) is 2. The van der Waals surface area contributed by atoms with Crippen molar-refractivity contribution in [3.8, 4) is 11.4 Å². The predicted octanol–water partition coefficient (Wildman–Crippen LogP) is 3.96. The fourth-order valence-electron chi connectivity index (χ4n) is 3.64. The molecular formula is C25H26F3N3O3. The van der Waals surface area contributed by atoms with Gasteiger partial charge in [0.25, 0.3) is 5.56 Å². The second-order valence-corrected chi connectivity index (χ2v) is 8.14. The molecule has 0 aliphatic heterocycles. The SMILES string of the molecule is Cc1ccc([C@@H](C)NC(=O)Cn2c(-c3ccc(C(F)(F)F)cc3)nc(C)c(CCO)c2=O)cc1. The van der Waals surface area contributed by atoms with Crippen molar-refractivity contribution in [3.05, 3.63) is 86.8 Å². The van der Waals surface area contributed by atoms with Crippen molar-refractivity contribution in [3.63, 3.8) is 0 Å². The Morgan fingerprint density at radius 2 is 1.71 bits per heavy atom. The van der Waals surface area contributed by atoms with Gasteiger partial charge in [0.15, 0.2) is 0 Å². The first-order valence-electron chi connectivity index (χ1n) is 10.8. The highest BCUT2D eigenvalue weighted by molar-refractivity contribution is 5.77. The second kappa shape index (κ2) is 10.2. The number of nitrogens with one attached hydrogen (secondary N) is 1. The van der Waals surface area contributed by atoms with E-state index in [-0.39, 0.29) is 42.6 Å². The van der Waals surface area contributed by atoms with E-state index in [2.05, 4.69) is 10.3 Å². The highest BCUT2D eigenvalue weighted by Gasteiger charge is 2.30. The minimum Gasteiger partial charge on any atom is -0.396 e. The fourth-order valence-corrected chi connectivity index (χ4v) is 3.64. The largest absolute Gasteiger partial charge is 0.416 e. The number of hydrogen-bond acceptors (Lipinski definition) is 4. The average Bonchev–Trinajstić information content (AvgIpc) is 2.78. The van der Waals surface area contributed by atoms with Crippen molar-refractivity contribution in [2.75, 3.05) is 6.61 Å². The van der Waals surface area contributed by atoms with Crippen LogP contribution < -0.4 is 10.9 Å². The topological polar surface area (TPSA) is 84.2 Å². The van der Waals surface area contributed by atoms with Crippen LogP contribution in [0.25, 0.3) is 11.4 Å². The number of carbonyl (C=O) groups excluding carboxylic acids is 1. The monoisotopic (exact) mass is 473 g/mol. The Labute approximate surface area is 195 Å². The van der Waals surface area contributed by atoms with E-state index in [1.54, 1.807) is 6.92 Å². The molecule has 0 saturated carbocycles. The Bertz CT molecular complexity index is 1220. The van der Waals surface area contributed by atoms with Gasteiger partial charge in [-0.15, -0.1) is 0 Å². The van der Waals surface area contributed by atoms with Crippen LogP contribution >= 0.6 is 0 Å². The summed E-state index contributed by atoms with van der Waals surface area (Å²) in [6, 6.07) is 11.6. The van der Waals surface area contributed by atoms with Gasteiger partial charge in [0.2, 0.25) is 5.91 Å². The van der Waals surface area contributed by atoms with Crippen LogP contribution in [0, 0.1) is 13.8 Å². The van der Waals surface area contributed by atoms with Crippen molar-refractivity contribution in [2.24, 2.45) is 0 Å². The van der Waals surface area contributed by atoms with Gasteiger partial charge in [-0.2, -0.15) is 13.2 Å². The molecule has 1 aromatic heterocycles. The molecule has 2 N–H and O–H groups in total. The van der Waals surface area contributed by atoms with Gasteiger partial charge in [-0.3, -0.25) is 14.2 Å². The number of alkyl halides is 3. The van der Waals surface area contributed by atoms with Gasteiger partial charge in [-0.25, -0.2) is 4.98 Å². The third-order valence-electron chi connectivity index (χ3n) is 5.56. The lowest BCUT2D eigenvalue weighted by atomic mass is 10.1. The van der Waals surface area contributed by atoms with Crippen molar-refractivity contribution in [1.29, 1.82) is 0 Å². The first-order valence-corrected chi connectivity index (χ1v) is 10.8.